The van der Waals surface area contributed by atoms with E-state index in [1.165, 1.54) is 37.1 Å². The number of halogens is 1. The summed E-state index contributed by atoms with van der Waals surface area (Å²) in [4.78, 5) is 41.5. The summed E-state index contributed by atoms with van der Waals surface area (Å²) in [5, 5.41) is 27.1. The number of carbonyl (C=O) groups is 3. The van der Waals surface area contributed by atoms with E-state index in [2.05, 4.69) is 10.6 Å². The molecular weight excluding hydrogens is 535 g/mol. The number of amides is 3. The maximum atomic E-state index is 14.7. The molecule has 12 heteroatoms. The number of carbonyl (C=O) groups excluding carboxylic acids is 3. The van der Waals surface area contributed by atoms with Gasteiger partial charge in [0.15, 0.2) is 0 Å². The first-order valence-electron chi connectivity index (χ1n) is 14.3. The number of aliphatic hydroxyl groups excluding tert-OH is 2. The number of rotatable bonds is 9. The number of hydrogen-bond acceptors (Lipinski definition) is 8. The largest absolute Gasteiger partial charge is 0.388 e. The Labute approximate surface area is 242 Å². The molecule has 4 atom stereocenters. The lowest BCUT2D eigenvalue weighted by Crippen LogP contribution is -2.55. The summed E-state index contributed by atoms with van der Waals surface area (Å²) in [5.41, 5.74) is -0.136. The number of nitrogens with one attached hydrogen (secondary N) is 2. The minimum Gasteiger partial charge on any atom is -0.388 e. The molecule has 232 valence electrons. The first-order chi connectivity index (χ1) is 19.5. The summed E-state index contributed by atoms with van der Waals surface area (Å²) in [7, 11) is 1.37. The SMILES string of the molecule is CO[C@@H]1CN(C(=O)c2ccccc2F)C[C@@H](CC(C)C)N(C(=O)CNCCNC(C)=O)CCCCOC[C@@H](O)[C@H]1O. The second-order valence-electron chi connectivity index (χ2n) is 10.8. The van der Waals surface area contributed by atoms with Crippen molar-refractivity contribution in [3.8, 4) is 0 Å². The van der Waals surface area contributed by atoms with E-state index in [1.807, 2.05) is 13.8 Å². The lowest BCUT2D eigenvalue weighted by atomic mass is 9.99. The molecular formula is C29H47FN4O7. The molecule has 1 aliphatic heterocycles. The maximum absolute atomic E-state index is 14.7. The number of nitrogens with zero attached hydrogens (tertiary/aromatic N) is 2. The van der Waals surface area contributed by atoms with Crippen molar-refractivity contribution in [1.29, 1.82) is 0 Å². The molecule has 1 aliphatic rings. The lowest BCUT2D eigenvalue weighted by Gasteiger charge is -2.39. The van der Waals surface area contributed by atoms with E-state index >= 15 is 0 Å². The minimum absolute atomic E-state index is 0.0392. The maximum Gasteiger partial charge on any atom is 0.256 e. The van der Waals surface area contributed by atoms with Gasteiger partial charge in [0.2, 0.25) is 11.8 Å². The van der Waals surface area contributed by atoms with Crippen molar-refractivity contribution < 1.29 is 38.5 Å². The van der Waals surface area contributed by atoms with E-state index in [1.54, 1.807) is 11.0 Å². The van der Waals surface area contributed by atoms with E-state index in [0.717, 1.165) is 0 Å². The van der Waals surface area contributed by atoms with Gasteiger partial charge in [-0.05, 0) is 37.3 Å². The summed E-state index contributed by atoms with van der Waals surface area (Å²) in [6.45, 7) is 6.85. The van der Waals surface area contributed by atoms with Gasteiger partial charge < -0.3 is 40.1 Å². The molecule has 1 heterocycles. The molecule has 1 saturated heterocycles. The van der Waals surface area contributed by atoms with Crippen LogP contribution in [0.15, 0.2) is 24.3 Å². The molecule has 1 aromatic carbocycles. The summed E-state index contributed by atoms with van der Waals surface area (Å²) in [6.07, 6.45) is -1.81. The van der Waals surface area contributed by atoms with Crippen molar-refractivity contribution in [1.82, 2.24) is 20.4 Å². The van der Waals surface area contributed by atoms with Crippen LogP contribution >= 0.6 is 0 Å². The Balaban J connectivity index is 2.41. The molecule has 0 aromatic heterocycles. The fourth-order valence-electron chi connectivity index (χ4n) is 4.85. The monoisotopic (exact) mass is 582 g/mol. The fourth-order valence-corrected chi connectivity index (χ4v) is 4.85. The molecule has 0 radical (unpaired) electrons. The predicted octanol–water partition coefficient (Wildman–Crippen LogP) is 0.784. The molecule has 1 fully saturated rings. The lowest BCUT2D eigenvalue weighted by molar-refractivity contribution is -0.134. The first kappa shape index (κ1) is 34.6. The van der Waals surface area contributed by atoms with Crippen LogP contribution in [0.3, 0.4) is 0 Å². The van der Waals surface area contributed by atoms with Crippen LogP contribution in [-0.4, -0.2) is 122 Å². The Morgan fingerprint density at radius 2 is 1.88 bits per heavy atom. The standard InChI is InChI=1S/C29H47FN4O7/c1-20(2)15-22-17-33(29(39)23-9-5-6-10-24(23)30)18-26(40-4)28(38)25(36)19-41-14-8-7-13-34(22)27(37)16-31-11-12-32-21(3)35/h5-6,9-10,20,22,25-26,28,31,36,38H,7-8,11-19H2,1-4H3,(H,32,35)/t22-,25-,26-,28-/m1/s1. The van der Waals surface area contributed by atoms with Crippen molar-refractivity contribution in [2.45, 2.75) is 64.4 Å². The Morgan fingerprint density at radius 1 is 1.15 bits per heavy atom. The Bertz CT molecular complexity index is 967. The highest BCUT2D eigenvalue weighted by atomic mass is 19.1. The smallest absolute Gasteiger partial charge is 0.256 e. The zero-order valence-corrected chi connectivity index (χ0v) is 24.7. The summed E-state index contributed by atoms with van der Waals surface area (Å²) >= 11 is 0. The second kappa shape index (κ2) is 18.0. The highest BCUT2D eigenvalue weighted by Crippen LogP contribution is 2.20. The van der Waals surface area contributed by atoms with E-state index in [4.69, 9.17) is 9.47 Å². The fraction of sp³-hybridized carbons (Fsp3) is 0.690. The van der Waals surface area contributed by atoms with Crippen LogP contribution in [0, 0.1) is 11.7 Å². The van der Waals surface area contributed by atoms with E-state index in [0.29, 0.717) is 45.5 Å². The van der Waals surface area contributed by atoms with Crippen molar-refractivity contribution in [3.63, 3.8) is 0 Å². The van der Waals surface area contributed by atoms with E-state index < -0.39 is 36.1 Å². The normalized spacial score (nSPS) is 23.2. The van der Waals surface area contributed by atoms with Crippen molar-refractivity contribution in [3.05, 3.63) is 35.6 Å². The third-order valence-electron chi connectivity index (χ3n) is 6.98. The average molecular weight is 583 g/mol. The molecule has 0 spiro atoms. The summed E-state index contributed by atoms with van der Waals surface area (Å²) < 4.78 is 25.8. The number of ether oxygens (including phenoxy) is 2. The Kier molecular flexibility index (Phi) is 15.2. The molecule has 0 unspecified atom stereocenters. The predicted molar refractivity (Wildman–Crippen MR) is 152 cm³/mol. The molecule has 2 rings (SSSR count). The number of aliphatic hydroxyl groups is 2. The number of methoxy groups -OCH3 is 1. The quantitative estimate of drug-likeness (QED) is 0.313. The van der Waals surface area contributed by atoms with Crippen LogP contribution < -0.4 is 10.6 Å². The molecule has 41 heavy (non-hydrogen) atoms. The molecule has 1 aromatic rings. The van der Waals surface area contributed by atoms with Crippen LogP contribution in [0.5, 0.6) is 0 Å². The van der Waals surface area contributed by atoms with E-state index in [-0.39, 0.29) is 49.5 Å². The van der Waals surface area contributed by atoms with Crippen LogP contribution in [0.1, 0.15) is 50.4 Å². The molecule has 11 nitrogen and oxygen atoms in total. The molecule has 3 amide bonds. The number of hydrogen-bond donors (Lipinski definition) is 4. The summed E-state index contributed by atoms with van der Waals surface area (Å²) in [5.74, 6) is -1.44. The van der Waals surface area contributed by atoms with E-state index in [9.17, 15) is 29.0 Å². The minimum atomic E-state index is -1.37. The van der Waals surface area contributed by atoms with Crippen molar-refractivity contribution >= 4 is 17.7 Å². The van der Waals surface area contributed by atoms with Gasteiger partial charge in [0.1, 0.15) is 24.1 Å². The third kappa shape index (κ3) is 11.6. The Morgan fingerprint density at radius 3 is 2.54 bits per heavy atom. The van der Waals surface area contributed by atoms with Gasteiger partial charge in [0, 0.05) is 59.4 Å². The van der Waals surface area contributed by atoms with Gasteiger partial charge in [-0.15, -0.1) is 0 Å². The first-order valence-corrected chi connectivity index (χ1v) is 14.3. The van der Waals surface area contributed by atoms with Gasteiger partial charge in [0.25, 0.3) is 5.91 Å². The van der Waals surface area contributed by atoms with Crippen LogP contribution in [0.4, 0.5) is 4.39 Å². The van der Waals surface area contributed by atoms with Gasteiger partial charge in [-0.3, -0.25) is 14.4 Å². The Hall–Kier alpha value is -2.64. The zero-order chi connectivity index (χ0) is 30.4. The molecule has 0 bridgehead atoms. The molecule has 0 saturated carbocycles. The summed E-state index contributed by atoms with van der Waals surface area (Å²) in [6, 6.07) is 5.24. The van der Waals surface area contributed by atoms with Gasteiger partial charge in [-0.2, -0.15) is 0 Å². The van der Waals surface area contributed by atoms with Crippen LogP contribution in [-0.2, 0) is 19.1 Å². The van der Waals surface area contributed by atoms with Crippen LogP contribution in [0.2, 0.25) is 0 Å². The van der Waals surface area contributed by atoms with Gasteiger partial charge in [-0.1, -0.05) is 26.0 Å². The number of benzene rings is 1. The topological polar surface area (TPSA) is 141 Å². The van der Waals surface area contributed by atoms with Crippen molar-refractivity contribution in [2.24, 2.45) is 5.92 Å². The second-order valence-corrected chi connectivity index (χ2v) is 10.8. The third-order valence-corrected chi connectivity index (χ3v) is 6.98. The van der Waals surface area contributed by atoms with Crippen molar-refractivity contribution in [2.75, 3.05) is 59.6 Å². The van der Waals surface area contributed by atoms with Gasteiger partial charge >= 0.3 is 0 Å². The molecule has 4 N–H and O–H groups in total. The van der Waals surface area contributed by atoms with Gasteiger partial charge in [-0.25, -0.2) is 4.39 Å². The highest BCUT2D eigenvalue weighted by Gasteiger charge is 2.34. The average Bonchev–Trinajstić information content (AvgIpc) is 2.92. The van der Waals surface area contributed by atoms with Gasteiger partial charge in [0.05, 0.1) is 18.7 Å². The molecule has 0 aliphatic carbocycles. The van der Waals surface area contributed by atoms with Crippen LogP contribution in [0.25, 0.3) is 0 Å². The highest BCUT2D eigenvalue weighted by molar-refractivity contribution is 5.94. The zero-order valence-electron chi connectivity index (χ0n) is 24.7.